The highest BCUT2D eigenvalue weighted by molar-refractivity contribution is 7.99. The molecule has 0 spiro atoms. The number of aromatic nitrogens is 4. The zero-order valence-electron chi connectivity index (χ0n) is 16.3. The van der Waals surface area contributed by atoms with Crippen LogP contribution in [0.3, 0.4) is 0 Å². The van der Waals surface area contributed by atoms with Crippen LogP contribution in [0.25, 0.3) is 5.69 Å². The van der Waals surface area contributed by atoms with Crippen LogP contribution >= 0.6 is 35.1 Å². The van der Waals surface area contributed by atoms with Gasteiger partial charge < -0.3 is 5.32 Å². The number of rotatable bonds is 8. The SMILES string of the molecule is O=C(CSc1nncn1-c1cccc(Cl)c1)Nc1ccc(SCc2cccnc2)cc1. The number of halogens is 1. The number of amides is 1. The van der Waals surface area contributed by atoms with Crippen molar-refractivity contribution in [2.24, 2.45) is 0 Å². The van der Waals surface area contributed by atoms with Gasteiger partial charge in [0.05, 0.1) is 11.4 Å². The van der Waals surface area contributed by atoms with Gasteiger partial charge in [0.25, 0.3) is 0 Å². The maximum Gasteiger partial charge on any atom is 0.234 e. The average Bonchev–Trinajstić information content (AvgIpc) is 3.27. The molecule has 31 heavy (non-hydrogen) atoms. The summed E-state index contributed by atoms with van der Waals surface area (Å²) in [6, 6.07) is 19.2. The van der Waals surface area contributed by atoms with E-state index in [1.54, 1.807) is 34.9 Å². The number of anilines is 1. The Kier molecular flexibility index (Phi) is 7.24. The van der Waals surface area contributed by atoms with Gasteiger partial charge in [-0.1, -0.05) is 35.5 Å². The number of carbonyl (C=O) groups is 1. The smallest absolute Gasteiger partial charge is 0.234 e. The number of carbonyl (C=O) groups excluding carboxylic acids is 1. The number of hydrogen-bond donors (Lipinski definition) is 1. The van der Waals surface area contributed by atoms with Crippen LogP contribution in [0.1, 0.15) is 5.56 Å². The van der Waals surface area contributed by atoms with Crippen LogP contribution < -0.4 is 5.32 Å². The van der Waals surface area contributed by atoms with E-state index in [1.165, 1.54) is 17.3 Å². The Morgan fingerprint density at radius 3 is 2.71 bits per heavy atom. The molecule has 2 aromatic carbocycles. The van der Waals surface area contributed by atoms with Crippen molar-refractivity contribution in [3.63, 3.8) is 0 Å². The Labute approximate surface area is 193 Å². The minimum absolute atomic E-state index is 0.110. The van der Waals surface area contributed by atoms with E-state index in [9.17, 15) is 4.79 Å². The second kappa shape index (κ2) is 10.5. The van der Waals surface area contributed by atoms with Gasteiger partial charge in [-0.15, -0.1) is 22.0 Å². The van der Waals surface area contributed by atoms with Crippen molar-refractivity contribution in [3.8, 4) is 5.69 Å². The second-order valence-electron chi connectivity index (χ2n) is 6.47. The first kappa shape index (κ1) is 21.4. The number of benzene rings is 2. The molecule has 4 rings (SSSR count). The van der Waals surface area contributed by atoms with E-state index in [0.717, 1.165) is 22.0 Å². The van der Waals surface area contributed by atoms with Crippen LogP contribution in [0, 0.1) is 0 Å². The number of thioether (sulfide) groups is 2. The second-order valence-corrected chi connectivity index (χ2v) is 8.90. The minimum Gasteiger partial charge on any atom is -0.325 e. The molecule has 156 valence electrons. The van der Waals surface area contributed by atoms with Crippen molar-refractivity contribution in [3.05, 3.63) is 90.0 Å². The summed E-state index contributed by atoms with van der Waals surface area (Å²) in [5.41, 5.74) is 2.78. The summed E-state index contributed by atoms with van der Waals surface area (Å²) in [6.07, 6.45) is 5.24. The van der Waals surface area contributed by atoms with Gasteiger partial charge in [-0.25, -0.2) is 0 Å². The Morgan fingerprint density at radius 1 is 1.06 bits per heavy atom. The van der Waals surface area contributed by atoms with E-state index >= 15 is 0 Å². The van der Waals surface area contributed by atoms with Crippen LogP contribution in [0.15, 0.2) is 89.4 Å². The van der Waals surface area contributed by atoms with E-state index in [-0.39, 0.29) is 11.7 Å². The Hall–Kier alpha value is -2.81. The zero-order valence-corrected chi connectivity index (χ0v) is 18.7. The van der Waals surface area contributed by atoms with Gasteiger partial charge in [0, 0.05) is 33.8 Å². The van der Waals surface area contributed by atoms with Gasteiger partial charge in [0.15, 0.2) is 5.16 Å². The Bertz CT molecular complexity index is 1150. The highest BCUT2D eigenvalue weighted by Gasteiger charge is 2.11. The molecule has 0 radical (unpaired) electrons. The third-order valence-corrected chi connectivity index (χ3v) is 6.46. The largest absolute Gasteiger partial charge is 0.325 e. The first-order valence-corrected chi connectivity index (χ1v) is 11.7. The number of nitrogens with zero attached hydrogens (tertiary/aromatic N) is 4. The molecule has 9 heteroatoms. The molecule has 0 saturated carbocycles. The fourth-order valence-corrected chi connectivity index (χ4v) is 4.48. The van der Waals surface area contributed by atoms with Crippen molar-refractivity contribution in [1.82, 2.24) is 19.7 Å². The van der Waals surface area contributed by atoms with Crippen LogP contribution in [-0.4, -0.2) is 31.4 Å². The third-order valence-electron chi connectivity index (χ3n) is 4.20. The molecule has 1 N–H and O–H groups in total. The molecule has 2 heterocycles. The van der Waals surface area contributed by atoms with Crippen molar-refractivity contribution >= 4 is 46.7 Å². The van der Waals surface area contributed by atoms with Crippen LogP contribution in [0.2, 0.25) is 5.02 Å². The first-order valence-electron chi connectivity index (χ1n) is 9.38. The molecule has 6 nitrogen and oxygen atoms in total. The van der Waals surface area contributed by atoms with Gasteiger partial charge in [-0.05, 0) is 54.1 Å². The first-order chi connectivity index (χ1) is 15.2. The maximum absolute atomic E-state index is 12.4. The highest BCUT2D eigenvalue weighted by atomic mass is 35.5. The predicted molar refractivity (Wildman–Crippen MR) is 126 cm³/mol. The predicted octanol–water partition coefficient (Wildman–Crippen LogP) is 5.34. The molecule has 0 unspecified atom stereocenters. The van der Waals surface area contributed by atoms with Gasteiger partial charge >= 0.3 is 0 Å². The average molecular weight is 468 g/mol. The summed E-state index contributed by atoms with van der Waals surface area (Å²) < 4.78 is 1.80. The van der Waals surface area contributed by atoms with E-state index in [0.29, 0.717) is 10.2 Å². The van der Waals surface area contributed by atoms with Crippen molar-refractivity contribution in [2.75, 3.05) is 11.1 Å². The number of nitrogens with one attached hydrogen (secondary N) is 1. The summed E-state index contributed by atoms with van der Waals surface area (Å²) in [4.78, 5) is 17.6. The molecule has 0 aliphatic rings. The summed E-state index contributed by atoms with van der Waals surface area (Å²) in [5.74, 6) is 0.960. The summed E-state index contributed by atoms with van der Waals surface area (Å²) >= 11 is 9.11. The van der Waals surface area contributed by atoms with Crippen molar-refractivity contribution < 1.29 is 4.79 Å². The zero-order chi connectivity index (χ0) is 21.5. The van der Waals surface area contributed by atoms with E-state index in [1.807, 2.05) is 54.7 Å². The summed E-state index contributed by atoms with van der Waals surface area (Å²) in [5, 5.41) is 12.2. The standard InChI is InChI=1S/C22H18ClN5OS2/c23-17-4-1-5-19(11-17)28-15-25-27-22(28)31-14-21(29)26-18-6-8-20(9-7-18)30-13-16-3-2-10-24-12-16/h1-12,15H,13-14H2,(H,26,29). The fourth-order valence-electron chi connectivity index (χ4n) is 2.74. The molecule has 4 aromatic rings. The van der Waals surface area contributed by atoms with Gasteiger partial charge in [0.1, 0.15) is 6.33 Å². The molecule has 0 saturated heterocycles. The molecule has 1 amide bonds. The third kappa shape index (κ3) is 6.10. The molecule has 0 aliphatic heterocycles. The van der Waals surface area contributed by atoms with E-state index in [4.69, 9.17) is 11.6 Å². The number of hydrogen-bond acceptors (Lipinski definition) is 6. The topological polar surface area (TPSA) is 72.7 Å². The van der Waals surface area contributed by atoms with Gasteiger partial charge in [0.2, 0.25) is 5.91 Å². The molecule has 0 atom stereocenters. The lowest BCUT2D eigenvalue weighted by molar-refractivity contribution is -0.113. The number of pyridine rings is 1. The molecular formula is C22H18ClN5OS2. The van der Waals surface area contributed by atoms with Crippen molar-refractivity contribution in [1.29, 1.82) is 0 Å². The van der Waals surface area contributed by atoms with Crippen LogP contribution in [0.4, 0.5) is 5.69 Å². The van der Waals surface area contributed by atoms with Crippen molar-refractivity contribution in [2.45, 2.75) is 15.8 Å². The normalized spacial score (nSPS) is 10.7. The summed E-state index contributed by atoms with van der Waals surface area (Å²) in [6.45, 7) is 0. The lowest BCUT2D eigenvalue weighted by atomic mass is 10.3. The fraction of sp³-hybridized carbons (Fsp3) is 0.0909. The molecular weight excluding hydrogens is 450 g/mol. The molecule has 0 aliphatic carbocycles. The van der Waals surface area contributed by atoms with E-state index in [2.05, 4.69) is 26.6 Å². The van der Waals surface area contributed by atoms with Gasteiger partial charge in [-0.2, -0.15) is 0 Å². The molecule has 2 aromatic heterocycles. The highest BCUT2D eigenvalue weighted by Crippen LogP contribution is 2.25. The summed E-state index contributed by atoms with van der Waals surface area (Å²) in [7, 11) is 0. The Morgan fingerprint density at radius 2 is 1.94 bits per heavy atom. The van der Waals surface area contributed by atoms with Crippen LogP contribution in [-0.2, 0) is 10.5 Å². The maximum atomic E-state index is 12.4. The van der Waals surface area contributed by atoms with E-state index < -0.39 is 0 Å². The molecule has 0 bridgehead atoms. The lowest BCUT2D eigenvalue weighted by Gasteiger charge is -2.08. The lowest BCUT2D eigenvalue weighted by Crippen LogP contribution is -2.14. The minimum atomic E-state index is -0.110. The Balaban J connectivity index is 1.29. The molecule has 0 fully saturated rings. The van der Waals surface area contributed by atoms with Crippen LogP contribution in [0.5, 0.6) is 0 Å². The van der Waals surface area contributed by atoms with Gasteiger partial charge in [-0.3, -0.25) is 14.3 Å². The quantitative estimate of drug-likeness (QED) is 0.353. The monoisotopic (exact) mass is 467 g/mol.